The van der Waals surface area contributed by atoms with Crippen molar-refractivity contribution in [3.63, 3.8) is 0 Å². The molecule has 0 aliphatic rings. The molecule has 0 saturated heterocycles. The fourth-order valence-corrected chi connectivity index (χ4v) is 1.97. The first kappa shape index (κ1) is 15.2. The molecule has 2 aromatic rings. The van der Waals surface area contributed by atoms with Gasteiger partial charge in [0.2, 0.25) is 5.91 Å². The highest BCUT2D eigenvalue weighted by atomic mass is 16.2. The van der Waals surface area contributed by atoms with Gasteiger partial charge in [0.05, 0.1) is 11.9 Å². The minimum atomic E-state index is -0.181. The van der Waals surface area contributed by atoms with E-state index in [9.17, 15) is 4.79 Å². The van der Waals surface area contributed by atoms with Crippen LogP contribution in [-0.4, -0.2) is 27.4 Å². The molecule has 6 heteroatoms. The largest absolute Gasteiger partial charge is 0.354 e. The van der Waals surface area contributed by atoms with Crippen molar-refractivity contribution in [3.8, 4) is 0 Å². The summed E-state index contributed by atoms with van der Waals surface area (Å²) in [6.07, 6.45) is 1.70. The molecule has 2 atom stereocenters. The summed E-state index contributed by atoms with van der Waals surface area (Å²) < 4.78 is 1.50. The van der Waals surface area contributed by atoms with E-state index in [1.165, 1.54) is 10.2 Å². The zero-order valence-corrected chi connectivity index (χ0v) is 12.4. The molecule has 1 aromatic carbocycles. The van der Waals surface area contributed by atoms with E-state index in [2.05, 4.69) is 34.7 Å². The Labute approximate surface area is 124 Å². The minimum absolute atomic E-state index is 0.0843. The number of nitrogens with one attached hydrogen (secondary N) is 1. The molecule has 21 heavy (non-hydrogen) atoms. The van der Waals surface area contributed by atoms with Crippen LogP contribution in [0, 0.1) is 0 Å². The summed E-state index contributed by atoms with van der Waals surface area (Å²) in [5.74, 6) is 0.185. The molecule has 0 bridgehead atoms. The predicted octanol–water partition coefficient (Wildman–Crippen LogP) is 1.22. The van der Waals surface area contributed by atoms with Crippen LogP contribution in [0.3, 0.4) is 0 Å². The summed E-state index contributed by atoms with van der Waals surface area (Å²) >= 11 is 0. The van der Waals surface area contributed by atoms with Crippen LogP contribution in [0.4, 0.5) is 0 Å². The van der Waals surface area contributed by atoms with Gasteiger partial charge in [-0.2, -0.15) is 0 Å². The van der Waals surface area contributed by atoms with Crippen LogP contribution in [0.25, 0.3) is 0 Å². The van der Waals surface area contributed by atoms with E-state index in [4.69, 9.17) is 5.73 Å². The van der Waals surface area contributed by atoms with Crippen molar-refractivity contribution < 1.29 is 4.79 Å². The van der Waals surface area contributed by atoms with Crippen molar-refractivity contribution >= 4 is 5.91 Å². The van der Waals surface area contributed by atoms with Gasteiger partial charge < -0.3 is 11.1 Å². The van der Waals surface area contributed by atoms with Crippen LogP contribution in [0.1, 0.15) is 37.1 Å². The number of carbonyl (C=O) groups is 1. The molecule has 0 spiro atoms. The Balaban J connectivity index is 1.82. The molecule has 1 amide bonds. The van der Waals surface area contributed by atoms with E-state index in [1.807, 2.05) is 25.1 Å². The lowest BCUT2D eigenvalue weighted by Gasteiger charge is -2.12. The number of hydrogen-bond acceptors (Lipinski definition) is 4. The van der Waals surface area contributed by atoms with Gasteiger partial charge in [0.1, 0.15) is 6.54 Å². The van der Waals surface area contributed by atoms with Gasteiger partial charge in [-0.05, 0) is 18.4 Å². The van der Waals surface area contributed by atoms with Crippen molar-refractivity contribution in [1.29, 1.82) is 0 Å². The van der Waals surface area contributed by atoms with E-state index >= 15 is 0 Å². The third-order valence-electron chi connectivity index (χ3n) is 3.30. The molecule has 0 aliphatic heterocycles. The summed E-state index contributed by atoms with van der Waals surface area (Å²) in [5, 5.41) is 10.7. The standard InChI is InChI=1S/C15H21N5O/c1-11(13-6-4-3-5-7-13)8-17-15(21)10-20-9-14(12(2)16)18-19-20/h3-7,9,11-12H,8,10,16H2,1-2H3,(H,17,21). The fourth-order valence-electron chi connectivity index (χ4n) is 1.97. The second kappa shape index (κ2) is 6.99. The summed E-state index contributed by atoms with van der Waals surface area (Å²) in [7, 11) is 0. The molecule has 0 aliphatic carbocycles. The number of hydrogen-bond donors (Lipinski definition) is 2. The maximum Gasteiger partial charge on any atom is 0.241 e. The SMILES string of the molecule is CC(N)c1cn(CC(=O)NCC(C)c2ccccc2)nn1. The Morgan fingerprint density at radius 2 is 2.05 bits per heavy atom. The molecular weight excluding hydrogens is 266 g/mol. The number of aromatic nitrogens is 3. The Morgan fingerprint density at radius 1 is 1.33 bits per heavy atom. The summed E-state index contributed by atoms with van der Waals surface area (Å²) in [4.78, 5) is 11.9. The van der Waals surface area contributed by atoms with Gasteiger partial charge >= 0.3 is 0 Å². The van der Waals surface area contributed by atoms with Gasteiger partial charge in [0, 0.05) is 12.6 Å². The number of benzene rings is 1. The lowest BCUT2D eigenvalue weighted by atomic mass is 10.0. The first-order valence-corrected chi connectivity index (χ1v) is 7.03. The van der Waals surface area contributed by atoms with Crippen LogP contribution in [0.15, 0.2) is 36.5 Å². The highest BCUT2D eigenvalue weighted by Gasteiger charge is 2.10. The van der Waals surface area contributed by atoms with E-state index in [-0.39, 0.29) is 24.4 Å². The van der Waals surface area contributed by atoms with Crippen molar-refractivity contribution in [1.82, 2.24) is 20.3 Å². The van der Waals surface area contributed by atoms with Gasteiger partial charge in [0.25, 0.3) is 0 Å². The second-order valence-corrected chi connectivity index (χ2v) is 5.25. The number of rotatable bonds is 6. The zero-order valence-electron chi connectivity index (χ0n) is 12.4. The highest BCUT2D eigenvalue weighted by Crippen LogP contribution is 2.12. The van der Waals surface area contributed by atoms with Crippen LogP contribution < -0.4 is 11.1 Å². The second-order valence-electron chi connectivity index (χ2n) is 5.25. The van der Waals surface area contributed by atoms with Gasteiger partial charge in [-0.15, -0.1) is 5.10 Å². The fraction of sp³-hybridized carbons (Fsp3) is 0.400. The zero-order chi connectivity index (χ0) is 15.2. The van der Waals surface area contributed by atoms with Crippen molar-refractivity contribution in [2.75, 3.05) is 6.54 Å². The number of carbonyl (C=O) groups excluding carboxylic acids is 1. The van der Waals surface area contributed by atoms with Gasteiger partial charge in [0.15, 0.2) is 0 Å². The van der Waals surface area contributed by atoms with Gasteiger partial charge in [-0.3, -0.25) is 4.79 Å². The average Bonchev–Trinajstić information content (AvgIpc) is 2.94. The third kappa shape index (κ3) is 4.39. The molecule has 6 nitrogen and oxygen atoms in total. The average molecular weight is 287 g/mol. The molecule has 3 N–H and O–H groups in total. The normalized spacial score (nSPS) is 13.7. The highest BCUT2D eigenvalue weighted by molar-refractivity contribution is 5.75. The molecular formula is C15H21N5O. The molecule has 0 saturated carbocycles. The lowest BCUT2D eigenvalue weighted by Crippen LogP contribution is -2.30. The quantitative estimate of drug-likeness (QED) is 0.836. The van der Waals surface area contributed by atoms with Crippen LogP contribution in [0.2, 0.25) is 0 Å². The summed E-state index contributed by atoms with van der Waals surface area (Å²) in [6.45, 7) is 4.66. The minimum Gasteiger partial charge on any atom is -0.354 e. The van der Waals surface area contributed by atoms with E-state index < -0.39 is 0 Å². The van der Waals surface area contributed by atoms with Crippen molar-refractivity contribution in [2.24, 2.45) is 5.73 Å². The molecule has 112 valence electrons. The Bertz CT molecular complexity index is 579. The van der Waals surface area contributed by atoms with Crippen molar-refractivity contribution in [3.05, 3.63) is 47.8 Å². The van der Waals surface area contributed by atoms with E-state index in [0.717, 1.165) is 0 Å². The smallest absolute Gasteiger partial charge is 0.241 e. The topological polar surface area (TPSA) is 85.8 Å². The first-order chi connectivity index (χ1) is 10.1. The molecule has 1 heterocycles. The summed E-state index contributed by atoms with van der Waals surface area (Å²) in [6, 6.07) is 9.92. The molecule has 1 aromatic heterocycles. The third-order valence-corrected chi connectivity index (χ3v) is 3.30. The van der Waals surface area contributed by atoms with E-state index in [1.54, 1.807) is 6.20 Å². The number of amides is 1. The Hall–Kier alpha value is -2.21. The van der Waals surface area contributed by atoms with Crippen LogP contribution in [-0.2, 0) is 11.3 Å². The molecule has 2 rings (SSSR count). The first-order valence-electron chi connectivity index (χ1n) is 7.03. The molecule has 2 unspecified atom stereocenters. The monoisotopic (exact) mass is 287 g/mol. The maximum absolute atomic E-state index is 11.9. The summed E-state index contributed by atoms with van der Waals surface area (Å²) in [5.41, 5.74) is 7.59. The molecule has 0 radical (unpaired) electrons. The van der Waals surface area contributed by atoms with Gasteiger partial charge in [-0.25, -0.2) is 4.68 Å². The number of nitrogens with zero attached hydrogens (tertiary/aromatic N) is 3. The lowest BCUT2D eigenvalue weighted by molar-refractivity contribution is -0.121. The van der Waals surface area contributed by atoms with Crippen molar-refractivity contribution in [2.45, 2.75) is 32.4 Å². The van der Waals surface area contributed by atoms with Crippen LogP contribution >= 0.6 is 0 Å². The Kier molecular flexibility index (Phi) is 5.05. The maximum atomic E-state index is 11.9. The van der Waals surface area contributed by atoms with Gasteiger partial charge in [-0.1, -0.05) is 42.5 Å². The van der Waals surface area contributed by atoms with E-state index in [0.29, 0.717) is 12.2 Å². The van der Waals surface area contributed by atoms with Crippen LogP contribution in [0.5, 0.6) is 0 Å². The predicted molar refractivity (Wildman–Crippen MR) is 80.5 cm³/mol. The molecule has 0 fully saturated rings. The number of nitrogens with two attached hydrogens (primary N) is 1. The Morgan fingerprint density at radius 3 is 2.67 bits per heavy atom.